The topological polar surface area (TPSA) is 159 Å². The lowest BCUT2D eigenvalue weighted by Crippen LogP contribution is -2.86. The number of carbonyl (C=O) groups is 3. The number of amidine groups is 1. The maximum Gasteiger partial charge on any atom is 0.415 e. The summed E-state index contributed by atoms with van der Waals surface area (Å²) in [5.41, 5.74) is -2.12. The van der Waals surface area contributed by atoms with E-state index < -0.39 is 47.1 Å². The number of urea groups is 1. The van der Waals surface area contributed by atoms with Crippen LogP contribution in [0.3, 0.4) is 0 Å². The molecule has 0 bridgehead atoms. The quantitative estimate of drug-likeness (QED) is 0.541. The van der Waals surface area contributed by atoms with Crippen LogP contribution in [-0.2, 0) is 20.7 Å². The van der Waals surface area contributed by atoms with Gasteiger partial charge in [0.25, 0.3) is 0 Å². The minimum Gasteiger partial charge on any atom is -0.444 e. The normalized spacial score (nSPS) is 30.5. The number of benzene rings is 1. The third-order valence-electron chi connectivity index (χ3n) is 7.63. The average Bonchev–Trinajstić information content (AvgIpc) is 3.25. The number of nitrogens with one attached hydrogen (secondary N) is 2. The van der Waals surface area contributed by atoms with Crippen LogP contribution in [-0.4, -0.2) is 78.3 Å². The fourth-order valence-corrected chi connectivity index (χ4v) is 6.02. The van der Waals surface area contributed by atoms with Crippen LogP contribution in [0.15, 0.2) is 15.6 Å². The summed E-state index contributed by atoms with van der Waals surface area (Å²) in [6.07, 6.45) is -2.47. The summed E-state index contributed by atoms with van der Waals surface area (Å²) in [6, 6.07) is 0.946. The minimum absolute atomic E-state index is 0.00814. The van der Waals surface area contributed by atoms with Crippen LogP contribution < -0.4 is 20.4 Å². The van der Waals surface area contributed by atoms with Gasteiger partial charge in [-0.05, 0) is 32.4 Å². The first kappa shape index (κ1) is 23.6. The van der Waals surface area contributed by atoms with Crippen molar-refractivity contribution in [2.24, 2.45) is 10.4 Å². The molecule has 2 aromatic rings. The number of aliphatic hydroxyl groups excluding tert-OH is 1. The molecule has 196 valence electrons. The number of fused-ring (bicyclic) bond motifs is 3. The van der Waals surface area contributed by atoms with Crippen molar-refractivity contribution in [3.8, 4) is 0 Å². The third-order valence-corrected chi connectivity index (χ3v) is 7.63. The predicted molar refractivity (Wildman–Crippen MR) is 126 cm³/mol. The first-order chi connectivity index (χ1) is 17.5. The average molecular weight is 516 g/mol. The number of ether oxygens (including phenoxy) is 2. The van der Waals surface area contributed by atoms with Gasteiger partial charge in [0.1, 0.15) is 18.0 Å². The number of aromatic nitrogens is 1. The molecule has 13 nitrogen and oxygen atoms in total. The molecule has 0 aliphatic carbocycles. The van der Waals surface area contributed by atoms with E-state index in [-0.39, 0.29) is 54.0 Å². The van der Waals surface area contributed by atoms with Gasteiger partial charge in [0.05, 0.1) is 23.8 Å². The molecule has 2 fully saturated rings. The molecule has 37 heavy (non-hydrogen) atoms. The molecule has 4 amide bonds. The smallest absolute Gasteiger partial charge is 0.415 e. The van der Waals surface area contributed by atoms with Crippen molar-refractivity contribution in [2.75, 3.05) is 30.0 Å². The highest BCUT2D eigenvalue weighted by molar-refractivity contribution is 6.26. The Labute approximate surface area is 209 Å². The molecule has 0 saturated carbocycles. The first-order valence-corrected chi connectivity index (χ1v) is 11.9. The number of hydrogen-bond donors (Lipinski definition) is 3. The monoisotopic (exact) mass is 516 g/mol. The lowest BCUT2D eigenvalue weighted by atomic mass is 9.58. The predicted octanol–water partition coefficient (Wildman–Crippen LogP) is 1.02. The van der Waals surface area contributed by atoms with E-state index in [1.807, 2.05) is 6.92 Å². The van der Waals surface area contributed by atoms with E-state index in [2.05, 4.69) is 20.8 Å². The Balaban J connectivity index is 1.52. The molecule has 3 N–H and O–H groups in total. The van der Waals surface area contributed by atoms with Crippen LogP contribution in [0.25, 0.3) is 11.0 Å². The van der Waals surface area contributed by atoms with Crippen molar-refractivity contribution in [3.05, 3.63) is 17.4 Å². The Hall–Kier alpha value is -3.78. The van der Waals surface area contributed by atoms with Crippen molar-refractivity contribution in [3.63, 3.8) is 0 Å². The highest BCUT2D eigenvalue weighted by atomic mass is 19.1. The molecule has 5 heterocycles. The number of amides is 4. The van der Waals surface area contributed by atoms with Gasteiger partial charge in [-0.3, -0.25) is 20.3 Å². The summed E-state index contributed by atoms with van der Waals surface area (Å²) in [5, 5.41) is 18.3. The van der Waals surface area contributed by atoms with Gasteiger partial charge in [-0.2, -0.15) is 0 Å². The molecular weight excluding hydrogens is 491 g/mol. The minimum atomic E-state index is -1.33. The molecule has 14 heteroatoms. The van der Waals surface area contributed by atoms with Gasteiger partial charge in [0, 0.05) is 20.0 Å². The van der Waals surface area contributed by atoms with Gasteiger partial charge in [-0.25, -0.2) is 19.0 Å². The van der Waals surface area contributed by atoms with E-state index in [0.717, 1.165) is 4.90 Å². The Kier molecular flexibility index (Phi) is 4.86. The number of nitrogens with zero attached hydrogens (tertiary/aromatic N) is 4. The van der Waals surface area contributed by atoms with Gasteiger partial charge >= 0.3 is 12.1 Å². The molecule has 4 aliphatic rings. The Morgan fingerprint density at radius 2 is 2.16 bits per heavy atom. The maximum atomic E-state index is 16.2. The molecule has 4 aliphatic heterocycles. The number of hydrogen-bond acceptors (Lipinski definition) is 10. The summed E-state index contributed by atoms with van der Waals surface area (Å²) in [7, 11) is 1.39. The van der Waals surface area contributed by atoms with Crippen molar-refractivity contribution in [1.82, 2.24) is 15.8 Å². The van der Waals surface area contributed by atoms with Gasteiger partial charge in [-0.15, -0.1) is 0 Å². The number of carbonyl (C=O) groups excluding carboxylic acids is 3. The Bertz CT molecular complexity index is 1410. The van der Waals surface area contributed by atoms with E-state index in [9.17, 15) is 19.5 Å². The fraction of sp³-hybridized carbons (Fsp3) is 0.522. The Morgan fingerprint density at radius 3 is 2.86 bits per heavy atom. The molecule has 5 atom stereocenters. The summed E-state index contributed by atoms with van der Waals surface area (Å²) < 4.78 is 32.8. The van der Waals surface area contributed by atoms with Gasteiger partial charge in [0.15, 0.2) is 22.7 Å². The first-order valence-electron chi connectivity index (χ1n) is 11.9. The fourth-order valence-electron chi connectivity index (χ4n) is 6.02. The maximum absolute atomic E-state index is 16.2. The number of halogens is 1. The zero-order chi connectivity index (χ0) is 26.4. The summed E-state index contributed by atoms with van der Waals surface area (Å²) in [6.45, 7) is 4.99. The zero-order valence-corrected chi connectivity index (χ0v) is 20.5. The summed E-state index contributed by atoms with van der Waals surface area (Å²) in [5.74, 6) is -1.05. The highest BCUT2D eigenvalue weighted by Crippen LogP contribution is 2.60. The third kappa shape index (κ3) is 2.82. The lowest BCUT2D eigenvalue weighted by Gasteiger charge is -2.67. The van der Waals surface area contributed by atoms with Crippen molar-refractivity contribution in [2.45, 2.75) is 51.2 Å². The number of aliphatic imine (C=N–C) groups is 1. The molecule has 2 spiro atoms. The molecule has 2 saturated heterocycles. The second-order valence-corrected chi connectivity index (χ2v) is 9.89. The van der Waals surface area contributed by atoms with E-state index in [1.165, 1.54) is 14.0 Å². The van der Waals surface area contributed by atoms with Crippen molar-refractivity contribution >= 4 is 46.3 Å². The van der Waals surface area contributed by atoms with Crippen molar-refractivity contribution in [1.29, 1.82) is 0 Å². The van der Waals surface area contributed by atoms with Crippen molar-refractivity contribution < 1.29 is 37.9 Å². The van der Waals surface area contributed by atoms with E-state index >= 15 is 4.39 Å². The van der Waals surface area contributed by atoms with Crippen LogP contribution in [0.5, 0.6) is 0 Å². The zero-order valence-electron chi connectivity index (χ0n) is 20.5. The van der Waals surface area contributed by atoms with Crippen LogP contribution in [0.2, 0.25) is 0 Å². The molecular formula is C23H25FN6O7. The molecule has 1 unspecified atom stereocenters. The molecule has 0 radical (unpaired) electrons. The largest absolute Gasteiger partial charge is 0.444 e. The second kappa shape index (κ2) is 7.61. The highest BCUT2D eigenvalue weighted by Gasteiger charge is 2.77. The number of anilines is 2. The number of rotatable bonds is 3. The van der Waals surface area contributed by atoms with E-state index in [1.54, 1.807) is 17.9 Å². The van der Waals surface area contributed by atoms with Gasteiger partial charge < -0.3 is 24.0 Å². The molecule has 1 aromatic carbocycles. The number of morpholine rings is 1. The number of imide groups is 1. The summed E-state index contributed by atoms with van der Waals surface area (Å²) in [4.78, 5) is 45.5. The summed E-state index contributed by atoms with van der Waals surface area (Å²) >= 11 is 0. The van der Waals surface area contributed by atoms with Gasteiger partial charge in [0.2, 0.25) is 11.5 Å². The molecule has 6 rings (SSSR count). The Morgan fingerprint density at radius 1 is 1.41 bits per heavy atom. The van der Waals surface area contributed by atoms with E-state index in [4.69, 9.17) is 14.0 Å². The number of aliphatic hydroxyl groups is 1. The standard InChI is InChI=1S/C23H25FN6O7/c1-9-7-30-15-12(6-22-18(25-20(33)26-19(22)32)27-23(22,30)11(3)35-9)5-13-16(14(15)24)37-28-17(13)29(4)21(34)36-10(2)8-31/h5,9-11,31H,6-8H2,1-4H3,(H2,25,26,27,32,33)/t9-,10-,11+,22?,23-/m1/s1. The van der Waals surface area contributed by atoms with E-state index in [0.29, 0.717) is 5.56 Å². The second-order valence-electron chi connectivity index (χ2n) is 9.89. The lowest BCUT2D eigenvalue weighted by molar-refractivity contribution is -0.147. The van der Waals surface area contributed by atoms with Crippen LogP contribution in [0, 0.1) is 11.2 Å². The SMILES string of the molecule is C[C@H](CO)OC(=O)N(C)c1noc2c(F)c3c(cc12)CC12C(=O)NC(=O)NC1=N[C@@]21[C@H](C)O[C@H](C)CN31. The van der Waals surface area contributed by atoms with Gasteiger partial charge in [-0.1, -0.05) is 5.16 Å². The van der Waals surface area contributed by atoms with Crippen LogP contribution in [0.1, 0.15) is 26.3 Å². The van der Waals surface area contributed by atoms with Crippen LogP contribution >= 0.6 is 0 Å². The molecule has 1 aromatic heterocycles. The van der Waals surface area contributed by atoms with Crippen LogP contribution in [0.4, 0.5) is 25.5 Å².